The van der Waals surface area contributed by atoms with Gasteiger partial charge in [-0.15, -0.1) is 0 Å². The molecule has 0 radical (unpaired) electrons. The highest BCUT2D eigenvalue weighted by atomic mass is 32.1. The number of hydrogen-bond donors (Lipinski definition) is 3. The van der Waals surface area contributed by atoms with E-state index in [1.54, 1.807) is 0 Å². The highest BCUT2D eigenvalue weighted by Gasteiger charge is 2.12. The fraction of sp³-hybridized carbons (Fsp3) is 0.0476. The molecule has 6 heteroatoms. The largest absolute Gasteiger partial charge is 0.331 e. The van der Waals surface area contributed by atoms with Crippen molar-refractivity contribution >= 4 is 50.7 Å². The fourth-order valence-corrected chi connectivity index (χ4v) is 3.34. The van der Waals surface area contributed by atoms with Crippen LogP contribution < -0.4 is 16.2 Å². The standard InChI is InChI=1S/C21H18N4OS/c26-20(23-24-21(27)22-15-8-2-1-3-9-15)14-25-18-12-6-4-10-16(18)17-11-5-7-13-19(17)25/h1-13H,14H2,(H,23,26)(H2,22,24,27). The molecule has 5 nitrogen and oxygen atoms in total. The summed E-state index contributed by atoms with van der Waals surface area (Å²) in [5, 5.41) is 5.61. The molecule has 4 aromatic rings. The molecule has 1 amide bonds. The second-order valence-electron chi connectivity index (χ2n) is 6.11. The minimum absolute atomic E-state index is 0.182. The van der Waals surface area contributed by atoms with Crippen LogP contribution in [0.25, 0.3) is 21.8 Å². The maximum Gasteiger partial charge on any atom is 0.258 e. The molecule has 0 saturated heterocycles. The van der Waals surface area contributed by atoms with Crippen molar-refractivity contribution in [2.24, 2.45) is 0 Å². The molecule has 0 aliphatic heterocycles. The normalized spacial score (nSPS) is 10.7. The van der Waals surface area contributed by atoms with Crippen LogP contribution in [0, 0.1) is 0 Å². The van der Waals surface area contributed by atoms with Gasteiger partial charge in [-0.05, 0) is 36.5 Å². The molecule has 0 unspecified atom stereocenters. The fourth-order valence-electron chi connectivity index (χ4n) is 3.17. The van der Waals surface area contributed by atoms with Gasteiger partial charge in [0.05, 0.1) is 0 Å². The minimum Gasteiger partial charge on any atom is -0.331 e. The van der Waals surface area contributed by atoms with E-state index in [-0.39, 0.29) is 12.5 Å². The highest BCUT2D eigenvalue weighted by molar-refractivity contribution is 7.80. The van der Waals surface area contributed by atoms with E-state index in [1.165, 1.54) is 0 Å². The van der Waals surface area contributed by atoms with Crippen LogP contribution >= 0.6 is 12.2 Å². The first kappa shape index (κ1) is 17.1. The number of carbonyl (C=O) groups is 1. The Morgan fingerprint density at radius 2 is 1.33 bits per heavy atom. The van der Waals surface area contributed by atoms with E-state index in [0.29, 0.717) is 5.11 Å². The molecule has 1 heterocycles. The Morgan fingerprint density at radius 1 is 0.778 bits per heavy atom. The first-order chi connectivity index (χ1) is 13.2. The van der Waals surface area contributed by atoms with E-state index in [2.05, 4.69) is 28.3 Å². The lowest BCUT2D eigenvalue weighted by Crippen LogP contribution is -2.45. The number of amides is 1. The third kappa shape index (κ3) is 3.61. The molecule has 27 heavy (non-hydrogen) atoms. The van der Waals surface area contributed by atoms with Gasteiger partial charge in [0.15, 0.2) is 5.11 Å². The van der Waals surface area contributed by atoms with E-state index in [4.69, 9.17) is 12.2 Å². The number of para-hydroxylation sites is 3. The van der Waals surface area contributed by atoms with Gasteiger partial charge in [-0.2, -0.15) is 0 Å². The molecule has 0 aliphatic carbocycles. The van der Waals surface area contributed by atoms with Crippen molar-refractivity contribution in [3.8, 4) is 0 Å². The zero-order chi connectivity index (χ0) is 18.6. The smallest absolute Gasteiger partial charge is 0.258 e. The SMILES string of the molecule is O=C(Cn1c2ccccc2c2ccccc21)NNC(=S)Nc1ccccc1. The number of nitrogens with one attached hydrogen (secondary N) is 3. The quantitative estimate of drug-likeness (QED) is 0.377. The Hall–Kier alpha value is -3.38. The lowest BCUT2D eigenvalue weighted by atomic mass is 10.2. The first-order valence-corrected chi connectivity index (χ1v) is 9.00. The Balaban J connectivity index is 1.47. The Bertz CT molecular complexity index is 1070. The molecule has 0 atom stereocenters. The summed E-state index contributed by atoms with van der Waals surface area (Å²) >= 11 is 5.21. The number of thiocarbonyl (C=S) groups is 1. The van der Waals surface area contributed by atoms with Crippen LogP contribution in [0.2, 0.25) is 0 Å². The topological polar surface area (TPSA) is 58.1 Å². The van der Waals surface area contributed by atoms with E-state index < -0.39 is 0 Å². The summed E-state index contributed by atoms with van der Waals surface area (Å²) < 4.78 is 2.01. The summed E-state index contributed by atoms with van der Waals surface area (Å²) in [6, 6.07) is 25.7. The summed E-state index contributed by atoms with van der Waals surface area (Å²) in [5.41, 5.74) is 8.31. The second-order valence-corrected chi connectivity index (χ2v) is 6.52. The number of benzene rings is 3. The van der Waals surface area contributed by atoms with Crippen molar-refractivity contribution in [1.82, 2.24) is 15.4 Å². The van der Waals surface area contributed by atoms with E-state index >= 15 is 0 Å². The summed E-state index contributed by atoms with van der Waals surface area (Å²) in [4.78, 5) is 12.5. The van der Waals surface area contributed by atoms with Crippen LogP contribution in [0.5, 0.6) is 0 Å². The van der Waals surface area contributed by atoms with Crippen molar-refractivity contribution < 1.29 is 4.79 Å². The van der Waals surface area contributed by atoms with Gasteiger partial charge in [0.1, 0.15) is 6.54 Å². The number of hydrogen-bond acceptors (Lipinski definition) is 2. The predicted octanol–water partition coefficient (Wildman–Crippen LogP) is 3.81. The van der Waals surface area contributed by atoms with Crippen LogP contribution in [0.15, 0.2) is 78.9 Å². The molecule has 0 spiro atoms. The van der Waals surface area contributed by atoms with Crippen LogP contribution in [0.4, 0.5) is 5.69 Å². The molecule has 4 rings (SSSR count). The summed E-state index contributed by atoms with van der Waals surface area (Å²) in [6.45, 7) is 0.189. The molecule has 3 aromatic carbocycles. The lowest BCUT2D eigenvalue weighted by Gasteiger charge is -2.12. The van der Waals surface area contributed by atoms with Crippen molar-refractivity contribution in [2.75, 3.05) is 5.32 Å². The third-order valence-corrected chi connectivity index (χ3v) is 4.53. The summed E-state index contributed by atoms with van der Waals surface area (Å²) in [6.07, 6.45) is 0. The van der Waals surface area contributed by atoms with E-state index in [9.17, 15) is 4.79 Å². The molecule has 0 aliphatic rings. The van der Waals surface area contributed by atoms with Gasteiger partial charge in [-0.3, -0.25) is 15.6 Å². The van der Waals surface area contributed by atoms with Crippen LogP contribution in [0.3, 0.4) is 0 Å². The number of rotatable bonds is 3. The van der Waals surface area contributed by atoms with Crippen molar-refractivity contribution in [3.05, 3.63) is 78.9 Å². The molecular weight excluding hydrogens is 356 g/mol. The minimum atomic E-state index is -0.182. The van der Waals surface area contributed by atoms with Crippen molar-refractivity contribution in [1.29, 1.82) is 0 Å². The van der Waals surface area contributed by atoms with Gasteiger partial charge in [-0.1, -0.05) is 54.6 Å². The summed E-state index contributed by atoms with van der Waals surface area (Å²) in [5.74, 6) is -0.182. The first-order valence-electron chi connectivity index (χ1n) is 8.59. The van der Waals surface area contributed by atoms with E-state index in [1.807, 2.05) is 71.3 Å². The Morgan fingerprint density at radius 3 is 1.96 bits per heavy atom. The van der Waals surface area contributed by atoms with Crippen LogP contribution in [0.1, 0.15) is 0 Å². The molecule has 0 fully saturated rings. The molecule has 1 aromatic heterocycles. The molecule has 3 N–H and O–H groups in total. The molecule has 0 saturated carbocycles. The van der Waals surface area contributed by atoms with Gasteiger partial charge in [-0.25, -0.2) is 0 Å². The Labute approximate surface area is 162 Å². The average molecular weight is 374 g/mol. The molecular formula is C21H18N4OS. The molecule has 0 bridgehead atoms. The van der Waals surface area contributed by atoms with Crippen LogP contribution in [-0.4, -0.2) is 15.6 Å². The number of fused-ring (bicyclic) bond motifs is 3. The van der Waals surface area contributed by atoms with Crippen molar-refractivity contribution in [3.63, 3.8) is 0 Å². The van der Waals surface area contributed by atoms with E-state index in [0.717, 1.165) is 27.5 Å². The summed E-state index contributed by atoms with van der Waals surface area (Å²) in [7, 11) is 0. The van der Waals surface area contributed by atoms with Crippen LogP contribution in [-0.2, 0) is 11.3 Å². The molecule has 134 valence electrons. The number of nitrogens with zero attached hydrogens (tertiary/aromatic N) is 1. The average Bonchev–Trinajstić information content (AvgIpc) is 3.01. The number of hydrazine groups is 1. The van der Waals surface area contributed by atoms with Gasteiger partial charge >= 0.3 is 0 Å². The van der Waals surface area contributed by atoms with Gasteiger partial charge < -0.3 is 9.88 Å². The van der Waals surface area contributed by atoms with Gasteiger partial charge in [0.2, 0.25) is 0 Å². The third-order valence-electron chi connectivity index (χ3n) is 4.33. The van der Waals surface area contributed by atoms with Gasteiger partial charge in [0.25, 0.3) is 5.91 Å². The zero-order valence-corrected chi connectivity index (χ0v) is 15.3. The number of anilines is 1. The second kappa shape index (κ2) is 7.47. The zero-order valence-electron chi connectivity index (χ0n) is 14.5. The van der Waals surface area contributed by atoms with Crippen molar-refractivity contribution in [2.45, 2.75) is 6.54 Å². The maximum absolute atomic E-state index is 12.5. The highest BCUT2D eigenvalue weighted by Crippen LogP contribution is 2.28. The number of carbonyl (C=O) groups excluding carboxylic acids is 1. The number of aromatic nitrogens is 1. The monoisotopic (exact) mass is 374 g/mol. The maximum atomic E-state index is 12.5. The Kier molecular flexibility index (Phi) is 4.72. The predicted molar refractivity (Wildman–Crippen MR) is 113 cm³/mol. The lowest BCUT2D eigenvalue weighted by molar-refractivity contribution is -0.122. The van der Waals surface area contributed by atoms with Gasteiger partial charge in [0, 0.05) is 27.5 Å².